The van der Waals surface area contributed by atoms with Gasteiger partial charge in [-0.05, 0) is 31.0 Å². The minimum Gasteiger partial charge on any atom is -0.493 e. The van der Waals surface area contributed by atoms with Gasteiger partial charge in [-0.2, -0.15) is 15.3 Å². The molecular formula is C22H24N6O2. The van der Waals surface area contributed by atoms with E-state index in [1.54, 1.807) is 24.1 Å². The van der Waals surface area contributed by atoms with E-state index in [-0.39, 0.29) is 5.56 Å². The Balaban J connectivity index is 1.98. The maximum atomic E-state index is 13.2. The van der Waals surface area contributed by atoms with Gasteiger partial charge in [-0.25, -0.2) is 9.67 Å². The monoisotopic (exact) mass is 404 g/mol. The summed E-state index contributed by atoms with van der Waals surface area (Å²) < 4.78 is 9.20. The van der Waals surface area contributed by atoms with Crippen molar-refractivity contribution in [2.45, 2.75) is 33.1 Å². The lowest BCUT2D eigenvalue weighted by molar-refractivity contribution is 0.318. The molecule has 1 aromatic carbocycles. The molecule has 0 spiro atoms. The predicted octanol–water partition coefficient (Wildman–Crippen LogP) is 3.32. The molecule has 0 radical (unpaired) electrons. The van der Waals surface area contributed by atoms with Crippen LogP contribution >= 0.6 is 0 Å². The number of fused-ring (bicyclic) bond motifs is 1. The van der Waals surface area contributed by atoms with Gasteiger partial charge in [-0.15, -0.1) is 0 Å². The summed E-state index contributed by atoms with van der Waals surface area (Å²) in [5, 5.41) is 12.4. The van der Waals surface area contributed by atoms with Gasteiger partial charge in [0.05, 0.1) is 35.9 Å². The topological polar surface area (TPSA) is 87.7 Å². The Morgan fingerprint density at radius 1 is 1.03 bits per heavy atom. The van der Waals surface area contributed by atoms with Crippen molar-refractivity contribution in [3.63, 3.8) is 0 Å². The Hall–Kier alpha value is -3.55. The number of rotatable bonds is 7. The quantitative estimate of drug-likeness (QED) is 0.470. The van der Waals surface area contributed by atoms with E-state index in [0.717, 1.165) is 36.2 Å². The first kappa shape index (κ1) is 19.8. The Bertz CT molecular complexity index is 1230. The van der Waals surface area contributed by atoms with Crippen molar-refractivity contribution in [2.24, 2.45) is 7.05 Å². The normalized spacial score (nSPS) is 11.2. The van der Waals surface area contributed by atoms with Gasteiger partial charge >= 0.3 is 0 Å². The average molecular weight is 404 g/mol. The van der Waals surface area contributed by atoms with Crippen LogP contribution in [0, 0.1) is 0 Å². The molecule has 3 heterocycles. The zero-order valence-electron chi connectivity index (χ0n) is 17.4. The minimum atomic E-state index is -0.196. The maximum absolute atomic E-state index is 13.2. The summed E-state index contributed by atoms with van der Waals surface area (Å²) in [6, 6.07) is 9.48. The molecule has 0 aliphatic rings. The van der Waals surface area contributed by atoms with Crippen molar-refractivity contribution in [1.82, 2.24) is 29.5 Å². The summed E-state index contributed by atoms with van der Waals surface area (Å²) in [6.07, 6.45) is 5.75. The number of aryl methyl sites for hydroxylation is 1. The highest BCUT2D eigenvalue weighted by Gasteiger charge is 2.21. The summed E-state index contributed by atoms with van der Waals surface area (Å²) in [4.78, 5) is 18.1. The van der Waals surface area contributed by atoms with Gasteiger partial charge in [-0.3, -0.25) is 9.36 Å². The van der Waals surface area contributed by atoms with E-state index in [2.05, 4.69) is 29.1 Å². The van der Waals surface area contributed by atoms with Gasteiger partial charge in [0.2, 0.25) is 0 Å². The average Bonchev–Trinajstić information content (AvgIpc) is 3.14. The first-order valence-electron chi connectivity index (χ1n) is 10.1. The molecule has 30 heavy (non-hydrogen) atoms. The van der Waals surface area contributed by atoms with E-state index in [0.29, 0.717) is 29.2 Å². The molecule has 0 unspecified atom stereocenters. The van der Waals surface area contributed by atoms with Crippen LogP contribution in [0.4, 0.5) is 0 Å². The molecule has 0 N–H and O–H groups in total. The third-order valence-electron chi connectivity index (χ3n) is 4.89. The summed E-state index contributed by atoms with van der Waals surface area (Å²) in [5.74, 6) is 1.27. The number of ether oxygens (including phenoxy) is 1. The maximum Gasteiger partial charge on any atom is 0.281 e. The van der Waals surface area contributed by atoms with Crippen molar-refractivity contribution < 1.29 is 4.74 Å². The Kier molecular flexibility index (Phi) is 5.56. The summed E-state index contributed by atoms with van der Waals surface area (Å²) in [6.45, 7) is 4.74. The molecule has 0 fully saturated rings. The lowest BCUT2D eigenvalue weighted by Crippen LogP contribution is -2.20. The smallest absolute Gasteiger partial charge is 0.281 e. The number of nitrogens with zero attached hydrogens (tertiary/aromatic N) is 6. The molecule has 4 aromatic rings. The summed E-state index contributed by atoms with van der Waals surface area (Å²) >= 11 is 0. The number of benzene rings is 1. The second-order valence-corrected chi connectivity index (χ2v) is 7.05. The van der Waals surface area contributed by atoms with Gasteiger partial charge in [0.25, 0.3) is 5.56 Å². The number of hydrogen-bond donors (Lipinski definition) is 0. The first-order chi connectivity index (χ1) is 14.7. The van der Waals surface area contributed by atoms with Crippen molar-refractivity contribution in [1.29, 1.82) is 0 Å². The highest BCUT2D eigenvalue weighted by molar-refractivity contribution is 5.80. The molecule has 0 saturated heterocycles. The Morgan fingerprint density at radius 3 is 2.60 bits per heavy atom. The molecule has 0 bridgehead atoms. The highest BCUT2D eigenvalue weighted by atomic mass is 16.5. The molecule has 0 atom stereocenters. The van der Waals surface area contributed by atoms with Crippen LogP contribution in [0.2, 0.25) is 0 Å². The zero-order valence-corrected chi connectivity index (χ0v) is 17.4. The molecule has 8 heteroatoms. The van der Waals surface area contributed by atoms with E-state index >= 15 is 0 Å². The van der Waals surface area contributed by atoms with Crippen molar-refractivity contribution in [3.8, 4) is 22.8 Å². The molecule has 8 nitrogen and oxygen atoms in total. The fraction of sp³-hybridized carbons (Fsp3) is 0.318. The molecule has 0 saturated carbocycles. The third kappa shape index (κ3) is 3.45. The lowest BCUT2D eigenvalue weighted by atomic mass is 10.1. The zero-order chi connectivity index (χ0) is 21.1. The van der Waals surface area contributed by atoms with Gasteiger partial charge in [0.1, 0.15) is 17.1 Å². The van der Waals surface area contributed by atoms with Crippen molar-refractivity contribution in [2.75, 3.05) is 6.61 Å². The minimum absolute atomic E-state index is 0.196. The number of para-hydroxylation sites is 1. The van der Waals surface area contributed by atoms with Crippen LogP contribution in [0.3, 0.4) is 0 Å². The molecule has 0 amide bonds. The SMILES string of the molecule is CCCOc1ccccc1-c1nc2c(CCC)n(-c3ccnnc3)nc2c(=O)n1C. The number of hydrogen-bond acceptors (Lipinski definition) is 6. The van der Waals surface area contributed by atoms with Gasteiger partial charge in [0.15, 0.2) is 5.52 Å². The molecular weight excluding hydrogens is 380 g/mol. The third-order valence-corrected chi connectivity index (χ3v) is 4.89. The second-order valence-electron chi connectivity index (χ2n) is 7.05. The van der Waals surface area contributed by atoms with E-state index in [1.807, 2.05) is 30.3 Å². The molecule has 4 rings (SSSR count). The molecule has 0 aliphatic heterocycles. The van der Waals surface area contributed by atoms with Crippen LogP contribution in [0.15, 0.2) is 47.5 Å². The highest BCUT2D eigenvalue weighted by Crippen LogP contribution is 2.29. The van der Waals surface area contributed by atoms with Crippen LogP contribution in [0.25, 0.3) is 28.1 Å². The van der Waals surface area contributed by atoms with Crippen LogP contribution in [-0.2, 0) is 13.5 Å². The van der Waals surface area contributed by atoms with Crippen LogP contribution in [0.5, 0.6) is 5.75 Å². The van der Waals surface area contributed by atoms with E-state index < -0.39 is 0 Å². The second kappa shape index (κ2) is 8.44. The van der Waals surface area contributed by atoms with Gasteiger partial charge in [0, 0.05) is 7.05 Å². The van der Waals surface area contributed by atoms with Crippen LogP contribution < -0.4 is 10.3 Å². The predicted molar refractivity (Wildman–Crippen MR) is 115 cm³/mol. The van der Waals surface area contributed by atoms with Gasteiger partial charge in [-0.1, -0.05) is 32.4 Å². The van der Waals surface area contributed by atoms with Crippen molar-refractivity contribution in [3.05, 3.63) is 58.8 Å². The van der Waals surface area contributed by atoms with Crippen LogP contribution in [0.1, 0.15) is 32.4 Å². The molecule has 0 aliphatic carbocycles. The Labute approximate surface area is 174 Å². The molecule has 3 aromatic heterocycles. The van der Waals surface area contributed by atoms with Crippen LogP contribution in [-0.4, -0.2) is 36.1 Å². The van der Waals surface area contributed by atoms with Crippen molar-refractivity contribution >= 4 is 11.0 Å². The lowest BCUT2D eigenvalue weighted by Gasteiger charge is -2.13. The van der Waals surface area contributed by atoms with E-state index in [9.17, 15) is 4.79 Å². The Morgan fingerprint density at radius 2 is 1.87 bits per heavy atom. The first-order valence-corrected chi connectivity index (χ1v) is 10.1. The summed E-state index contributed by atoms with van der Waals surface area (Å²) in [5.41, 5.74) is 3.17. The van der Waals surface area contributed by atoms with E-state index in [1.165, 1.54) is 4.57 Å². The van der Waals surface area contributed by atoms with Gasteiger partial charge < -0.3 is 4.74 Å². The standard InChI is InChI=1S/C22H24N6O2/c1-4-8-17-19-20(26-28(17)15-11-12-23-24-14-15)22(29)27(3)21(25-19)16-9-6-7-10-18(16)30-13-5-2/h6-7,9-12,14H,4-5,8,13H2,1-3H3. The largest absolute Gasteiger partial charge is 0.493 e. The fourth-order valence-corrected chi connectivity index (χ4v) is 3.46. The number of aromatic nitrogens is 6. The molecule has 154 valence electrons. The van der Waals surface area contributed by atoms with E-state index in [4.69, 9.17) is 9.72 Å². The summed E-state index contributed by atoms with van der Waals surface area (Å²) in [7, 11) is 1.72. The fourth-order valence-electron chi connectivity index (χ4n) is 3.46.